The van der Waals surface area contributed by atoms with Gasteiger partial charge in [0.05, 0.1) is 25.1 Å². The molecule has 3 rings (SSSR count). The van der Waals surface area contributed by atoms with Crippen LogP contribution in [0.4, 0.5) is 36.6 Å². The summed E-state index contributed by atoms with van der Waals surface area (Å²) in [5, 5.41) is 5.34. The number of nitrogens with zero attached hydrogens (tertiary/aromatic N) is 2. The number of rotatable bonds is 11. The zero-order chi connectivity index (χ0) is 34.0. The number of nitrogens with one attached hydrogen (secondary N) is 2. The molecule has 0 aliphatic rings. The SMILES string of the molecule is CC(C)(N)C(=O)N[C@H](COCc1ccccc1)C(=O)Nc1cn(Cc2ccc(F)cc2)cn1.O=C(C(=O)C(F)(F)F)C(F)(F)F. The van der Waals surface area contributed by atoms with Crippen molar-refractivity contribution in [3.8, 4) is 0 Å². The average molecular weight is 648 g/mol. The van der Waals surface area contributed by atoms with Crippen molar-refractivity contribution in [3.63, 3.8) is 0 Å². The Balaban J connectivity index is 0.000000498. The predicted octanol–water partition coefficient (Wildman–Crippen LogP) is 3.70. The third-order valence-corrected chi connectivity index (χ3v) is 5.49. The number of anilines is 1. The molecule has 244 valence electrons. The summed E-state index contributed by atoms with van der Waals surface area (Å²) < 4.78 is 87.5. The molecule has 0 radical (unpaired) electrons. The number of benzene rings is 2. The molecule has 10 nitrogen and oxygen atoms in total. The van der Waals surface area contributed by atoms with Crippen LogP contribution in [0.25, 0.3) is 0 Å². The summed E-state index contributed by atoms with van der Waals surface area (Å²) >= 11 is 0. The number of hydrogen-bond donors (Lipinski definition) is 3. The van der Waals surface area contributed by atoms with Crippen molar-refractivity contribution in [2.75, 3.05) is 11.9 Å². The number of ketones is 2. The summed E-state index contributed by atoms with van der Waals surface area (Å²) in [6.45, 7) is 3.82. The van der Waals surface area contributed by atoms with Crippen molar-refractivity contribution in [3.05, 3.63) is 84.1 Å². The lowest BCUT2D eigenvalue weighted by molar-refractivity contribution is -0.193. The van der Waals surface area contributed by atoms with E-state index in [-0.39, 0.29) is 12.4 Å². The van der Waals surface area contributed by atoms with Gasteiger partial charge in [0, 0.05) is 12.7 Å². The lowest BCUT2D eigenvalue weighted by atomic mass is 10.1. The smallest absolute Gasteiger partial charge is 0.374 e. The third-order valence-electron chi connectivity index (χ3n) is 5.49. The molecule has 0 aliphatic heterocycles. The van der Waals surface area contributed by atoms with Gasteiger partial charge < -0.3 is 25.7 Å². The van der Waals surface area contributed by atoms with Gasteiger partial charge in [-0.25, -0.2) is 9.37 Å². The number of halogens is 7. The Morgan fingerprint density at radius 1 is 0.889 bits per heavy atom. The normalized spacial score (nSPS) is 12.4. The second-order valence-corrected chi connectivity index (χ2v) is 9.95. The third kappa shape index (κ3) is 12.5. The van der Waals surface area contributed by atoms with E-state index in [9.17, 15) is 49.9 Å². The fraction of sp³-hybridized carbons (Fsp3) is 0.321. The van der Waals surface area contributed by atoms with E-state index in [1.54, 1.807) is 43.1 Å². The highest BCUT2D eigenvalue weighted by Crippen LogP contribution is 2.24. The van der Waals surface area contributed by atoms with E-state index < -0.39 is 47.3 Å². The largest absolute Gasteiger partial charge is 0.458 e. The lowest BCUT2D eigenvalue weighted by Crippen LogP contribution is -2.56. The second kappa shape index (κ2) is 15.4. The average Bonchev–Trinajstić information content (AvgIpc) is 3.38. The Morgan fingerprint density at radius 2 is 1.44 bits per heavy atom. The molecule has 1 heterocycles. The van der Waals surface area contributed by atoms with Crippen LogP contribution in [0.2, 0.25) is 0 Å². The molecule has 0 saturated heterocycles. The first-order chi connectivity index (χ1) is 20.8. The summed E-state index contributed by atoms with van der Waals surface area (Å²) in [6.07, 6.45) is -8.33. The molecule has 2 amide bonds. The van der Waals surface area contributed by atoms with Crippen molar-refractivity contribution >= 4 is 29.2 Å². The molecule has 0 aliphatic carbocycles. The highest BCUT2D eigenvalue weighted by atomic mass is 19.4. The van der Waals surface area contributed by atoms with Crippen LogP contribution in [0.15, 0.2) is 67.1 Å². The molecule has 0 fully saturated rings. The van der Waals surface area contributed by atoms with Crippen LogP contribution >= 0.6 is 0 Å². The van der Waals surface area contributed by atoms with E-state index in [2.05, 4.69) is 15.6 Å². The van der Waals surface area contributed by atoms with Gasteiger partial charge in [0.1, 0.15) is 11.9 Å². The molecule has 4 N–H and O–H groups in total. The maximum absolute atomic E-state index is 13.1. The van der Waals surface area contributed by atoms with E-state index in [1.165, 1.54) is 12.1 Å². The van der Waals surface area contributed by atoms with Gasteiger partial charge in [0.2, 0.25) is 5.91 Å². The lowest BCUT2D eigenvalue weighted by Gasteiger charge is -2.23. The predicted molar refractivity (Wildman–Crippen MR) is 145 cm³/mol. The number of carbonyl (C=O) groups excluding carboxylic acids is 4. The van der Waals surface area contributed by atoms with Crippen LogP contribution in [-0.2, 0) is 37.1 Å². The standard InChI is InChI=1S/C24H28FN5O3.C4F6O2/c1-24(2,26)23(32)28-20(15-33-14-18-6-4-3-5-7-18)22(31)29-21-13-30(16-27-21)12-17-8-10-19(25)11-9-17;5-3(6,7)1(11)2(12)4(8,9)10/h3-11,13,16,20H,12,14-15,26H2,1-2H3,(H,28,32)(H,29,31);/t20-;/m1./s1. The van der Waals surface area contributed by atoms with Gasteiger partial charge in [-0.3, -0.25) is 19.2 Å². The van der Waals surface area contributed by atoms with Gasteiger partial charge in [-0.05, 0) is 37.1 Å². The summed E-state index contributed by atoms with van der Waals surface area (Å²) in [6, 6.07) is 14.7. The fourth-order valence-electron chi connectivity index (χ4n) is 3.18. The van der Waals surface area contributed by atoms with Crippen molar-refractivity contribution in [2.24, 2.45) is 5.73 Å². The van der Waals surface area contributed by atoms with Crippen molar-refractivity contribution in [1.82, 2.24) is 14.9 Å². The maximum Gasteiger partial charge on any atom is 0.458 e. The van der Waals surface area contributed by atoms with E-state index in [0.717, 1.165) is 11.1 Å². The second-order valence-electron chi connectivity index (χ2n) is 9.95. The molecule has 1 atom stereocenters. The number of Topliss-reactive ketones (excluding diaryl/α,β-unsaturated/α-hetero) is 2. The summed E-state index contributed by atoms with van der Waals surface area (Å²) in [4.78, 5) is 48.7. The zero-order valence-corrected chi connectivity index (χ0v) is 23.7. The molecule has 17 heteroatoms. The Hall–Kier alpha value is -4.64. The molecule has 0 unspecified atom stereocenters. The summed E-state index contributed by atoms with van der Waals surface area (Å²) in [5.74, 6) is -7.76. The number of ether oxygens (including phenoxy) is 1. The Bertz CT molecular complexity index is 1430. The zero-order valence-electron chi connectivity index (χ0n) is 23.7. The quantitative estimate of drug-likeness (QED) is 0.213. The van der Waals surface area contributed by atoms with E-state index in [0.29, 0.717) is 19.0 Å². The van der Waals surface area contributed by atoms with Crippen LogP contribution < -0.4 is 16.4 Å². The summed E-state index contributed by atoms with van der Waals surface area (Å²) in [7, 11) is 0. The number of nitrogens with two attached hydrogens (primary N) is 1. The number of amides is 2. The van der Waals surface area contributed by atoms with E-state index >= 15 is 0 Å². The van der Waals surface area contributed by atoms with Crippen LogP contribution in [0, 0.1) is 5.82 Å². The molecule has 45 heavy (non-hydrogen) atoms. The van der Waals surface area contributed by atoms with Gasteiger partial charge in [0.15, 0.2) is 5.82 Å². The topological polar surface area (TPSA) is 145 Å². The molecular weight excluding hydrogens is 619 g/mol. The number of imidazole rings is 1. The molecule has 0 bridgehead atoms. The number of hydrogen-bond acceptors (Lipinski definition) is 7. The van der Waals surface area contributed by atoms with E-state index in [1.807, 2.05) is 30.3 Å². The van der Waals surface area contributed by atoms with Gasteiger partial charge in [-0.15, -0.1) is 0 Å². The van der Waals surface area contributed by atoms with Crippen LogP contribution in [0.3, 0.4) is 0 Å². The van der Waals surface area contributed by atoms with Gasteiger partial charge in [-0.1, -0.05) is 42.5 Å². The molecular formula is C28H28F7N5O5. The molecule has 3 aromatic rings. The van der Waals surface area contributed by atoms with Crippen molar-refractivity contribution < 1.29 is 54.6 Å². The maximum atomic E-state index is 13.1. The highest BCUT2D eigenvalue weighted by molar-refractivity contribution is 6.41. The van der Waals surface area contributed by atoms with Crippen molar-refractivity contribution in [2.45, 2.75) is 50.9 Å². The first-order valence-corrected chi connectivity index (χ1v) is 12.8. The van der Waals surface area contributed by atoms with Crippen LogP contribution in [-0.4, -0.2) is 63.5 Å². The van der Waals surface area contributed by atoms with Crippen molar-refractivity contribution in [1.29, 1.82) is 0 Å². The fourth-order valence-corrected chi connectivity index (χ4v) is 3.18. The van der Waals surface area contributed by atoms with E-state index in [4.69, 9.17) is 10.5 Å². The minimum absolute atomic E-state index is 0.0428. The van der Waals surface area contributed by atoms with Crippen LogP contribution in [0.1, 0.15) is 25.0 Å². The first-order valence-electron chi connectivity index (χ1n) is 12.8. The number of alkyl halides is 6. The number of aromatic nitrogens is 2. The minimum atomic E-state index is -5.77. The molecule has 1 aromatic heterocycles. The molecule has 0 spiro atoms. The monoisotopic (exact) mass is 647 g/mol. The van der Waals surface area contributed by atoms with Crippen LogP contribution in [0.5, 0.6) is 0 Å². The molecule has 0 saturated carbocycles. The van der Waals surface area contributed by atoms with Gasteiger partial charge in [-0.2, -0.15) is 26.3 Å². The van der Waals surface area contributed by atoms with Gasteiger partial charge in [0.25, 0.3) is 5.91 Å². The Morgan fingerprint density at radius 3 is 1.96 bits per heavy atom. The van der Waals surface area contributed by atoms with Gasteiger partial charge >= 0.3 is 23.9 Å². The Kier molecular flexibility index (Phi) is 12.5. The molecule has 2 aromatic carbocycles. The minimum Gasteiger partial charge on any atom is -0.374 e. The first kappa shape index (κ1) is 36.6. The highest BCUT2D eigenvalue weighted by Gasteiger charge is 2.54. The Labute approximate surface area is 251 Å². The summed E-state index contributed by atoms with van der Waals surface area (Å²) in [5.41, 5.74) is 6.54. The number of carbonyl (C=O) groups is 4.